The predicted molar refractivity (Wildman–Crippen MR) is 125 cm³/mol. The van der Waals surface area contributed by atoms with Gasteiger partial charge in [-0.1, -0.05) is 18.2 Å². The summed E-state index contributed by atoms with van der Waals surface area (Å²) in [6.07, 6.45) is 0.637. The Morgan fingerprint density at radius 3 is 2.30 bits per heavy atom. The Morgan fingerprint density at radius 2 is 1.58 bits per heavy atom. The molecule has 1 aliphatic rings. The van der Waals surface area contributed by atoms with Crippen LogP contribution in [-0.4, -0.2) is 42.2 Å². The zero-order chi connectivity index (χ0) is 23.6. The summed E-state index contributed by atoms with van der Waals surface area (Å²) in [6, 6.07) is 16.6. The zero-order valence-electron chi connectivity index (χ0n) is 18.5. The quantitative estimate of drug-likeness (QED) is 0.568. The van der Waals surface area contributed by atoms with Crippen molar-refractivity contribution < 1.29 is 27.4 Å². The molecule has 1 amide bonds. The van der Waals surface area contributed by atoms with E-state index < -0.39 is 15.9 Å². The SMILES string of the molecule is COc1ccc(NC(=O)c2cc(S(=O)(=O)N3CCc4ccccc43)ccc2OC)cc1OC. The van der Waals surface area contributed by atoms with E-state index in [1.807, 2.05) is 18.2 Å². The van der Waals surface area contributed by atoms with Crippen molar-refractivity contribution in [3.8, 4) is 17.2 Å². The number of anilines is 2. The van der Waals surface area contributed by atoms with E-state index in [-0.39, 0.29) is 16.2 Å². The number of hydrogen-bond acceptors (Lipinski definition) is 6. The van der Waals surface area contributed by atoms with Gasteiger partial charge in [0.05, 0.1) is 37.5 Å². The summed E-state index contributed by atoms with van der Waals surface area (Å²) in [4.78, 5) is 13.1. The Labute approximate surface area is 192 Å². The lowest BCUT2D eigenvalue weighted by molar-refractivity contribution is 0.102. The van der Waals surface area contributed by atoms with Crippen LogP contribution in [0.4, 0.5) is 11.4 Å². The fourth-order valence-corrected chi connectivity index (χ4v) is 5.35. The Bertz CT molecular complexity index is 1310. The Morgan fingerprint density at radius 1 is 0.879 bits per heavy atom. The van der Waals surface area contributed by atoms with Crippen LogP contribution in [0.2, 0.25) is 0 Å². The summed E-state index contributed by atoms with van der Waals surface area (Å²) in [6.45, 7) is 0.348. The van der Waals surface area contributed by atoms with Gasteiger partial charge >= 0.3 is 0 Å². The van der Waals surface area contributed by atoms with Crippen molar-refractivity contribution in [2.24, 2.45) is 0 Å². The number of methoxy groups -OCH3 is 3. The molecule has 0 bridgehead atoms. The van der Waals surface area contributed by atoms with Gasteiger partial charge < -0.3 is 19.5 Å². The average molecular weight is 469 g/mol. The number of hydrogen-bond donors (Lipinski definition) is 1. The minimum Gasteiger partial charge on any atom is -0.496 e. The molecular weight excluding hydrogens is 444 g/mol. The molecule has 1 heterocycles. The second kappa shape index (κ2) is 9.03. The molecule has 0 atom stereocenters. The van der Waals surface area contributed by atoms with Crippen molar-refractivity contribution in [1.82, 2.24) is 0 Å². The third-order valence-corrected chi connectivity index (χ3v) is 7.30. The molecule has 0 saturated carbocycles. The largest absolute Gasteiger partial charge is 0.496 e. The minimum atomic E-state index is -3.86. The molecule has 0 unspecified atom stereocenters. The molecule has 0 aromatic heterocycles. The maximum absolute atomic E-state index is 13.4. The lowest BCUT2D eigenvalue weighted by Crippen LogP contribution is -2.29. The van der Waals surface area contributed by atoms with Crippen LogP contribution in [0.1, 0.15) is 15.9 Å². The van der Waals surface area contributed by atoms with Crippen molar-refractivity contribution in [3.05, 3.63) is 71.8 Å². The molecule has 4 rings (SSSR count). The Hall–Kier alpha value is -3.72. The number of rotatable bonds is 7. The summed E-state index contributed by atoms with van der Waals surface area (Å²) in [5.41, 5.74) is 2.19. The minimum absolute atomic E-state index is 0.0115. The maximum atomic E-state index is 13.4. The molecule has 0 radical (unpaired) electrons. The second-order valence-corrected chi connectivity index (χ2v) is 9.20. The number of fused-ring (bicyclic) bond motifs is 1. The zero-order valence-corrected chi connectivity index (χ0v) is 19.3. The number of carbonyl (C=O) groups is 1. The summed E-state index contributed by atoms with van der Waals surface area (Å²) in [7, 11) is 0.576. The molecule has 8 nitrogen and oxygen atoms in total. The molecule has 0 aliphatic carbocycles. The van der Waals surface area contributed by atoms with Crippen LogP contribution in [-0.2, 0) is 16.4 Å². The highest BCUT2D eigenvalue weighted by Gasteiger charge is 2.31. The first-order valence-corrected chi connectivity index (χ1v) is 11.6. The molecule has 9 heteroatoms. The lowest BCUT2D eigenvalue weighted by atomic mass is 10.1. The van der Waals surface area contributed by atoms with Crippen LogP contribution in [0.25, 0.3) is 0 Å². The van der Waals surface area contributed by atoms with Gasteiger partial charge in [-0.15, -0.1) is 0 Å². The van der Waals surface area contributed by atoms with E-state index in [4.69, 9.17) is 14.2 Å². The Balaban J connectivity index is 1.67. The fourth-order valence-electron chi connectivity index (χ4n) is 3.82. The van der Waals surface area contributed by atoms with Crippen LogP contribution >= 0.6 is 0 Å². The van der Waals surface area contributed by atoms with Crippen LogP contribution in [0.15, 0.2) is 65.6 Å². The van der Waals surface area contributed by atoms with E-state index >= 15 is 0 Å². The number of carbonyl (C=O) groups excluding carboxylic acids is 1. The lowest BCUT2D eigenvalue weighted by Gasteiger charge is -2.20. The van der Waals surface area contributed by atoms with E-state index in [1.54, 1.807) is 24.3 Å². The monoisotopic (exact) mass is 468 g/mol. The molecule has 1 N–H and O–H groups in total. The molecule has 3 aromatic rings. The number of ether oxygens (including phenoxy) is 3. The highest BCUT2D eigenvalue weighted by Crippen LogP contribution is 2.34. The van der Waals surface area contributed by atoms with E-state index in [0.717, 1.165) is 5.56 Å². The normalized spacial score (nSPS) is 12.8. The Kier molecular flexibility index (Phi) is 6.15. The third-order valence-electron chi connectivity index (χ3n) is 5.49. The van der Waals surface area contributed by atoms with Gasteiger partial charge in [-0.25, -0.2) is 8.42 Å². The molecule has 0 spiro atoms. The highest BCUT2D eigenvalue weighted by molar-refractivity contribution is 7.92. The number of benzene rings is 3. The second-order valence-electron chi connectivity index (χ2n) is 7.34. The third kappa shape index (κ3) is 4.19. The number of amides is 1. The first kappa shape index (κ1) is 22.5. The van der Waals surface area contributed by atoms with Gasteiger partial charge in [0.25, 0.3) is 15.9 Å². The summed E-state index contributed by atoms with van der Waals surface area (Å²) in [5, 5.41) is 2.76. The number of nitrogens with zero attached hydrogens (tertiary/aromatic N) is 1. The van der Waals surface area contributed by atoms with E-state index in [0.29, 0.717) is 35.8 Å². The predicted octanol–water partition coefficient (Wildman–Crippen LogP) is 3.72. The van der Waals surface area contributed by atoms with Crippen molar-refractivity contribution in [2.75, 3.05) is 37.5 Å². The van der Waals surface area contributed by atoms with Crippen LogP contribution in [0.3, 0.4) is 0 Å². The summed E-state index contributed by atoms with van der Waals surface area (Å²) >= 11 is 0. The van der Waals surface area contributed by atoms with Gasteiger partial charge in [0.1, 0.15) is 5.75 Å². The van der Waals surface area contributed by atoms with Crippen molar-refractivity contribution >= 4 is 27.3 Å². The van der Waals surface area contributed by atoms with Gasteiger partial charge in [-0.3, -0.25) is 9.10 Å². The summed E-state index contributed by atoms with van der Waals surface area (Å²) < 4.78 is 44.0. The smallest absolute Gasteiger partial charge is 0.264 e. The standard InChI is InChI=1S/C24H24N2O6S/c1-30-21-11-9-18(33(28,29)26-13-12-16-6-4-5-7-20(16)26)15-19(21)24(27)25-17-8-10-22(31-2)23(14-17)32-3/h4-11,14-15H,12-13H2,1-3H3,(H,25,27). The van der Waals surface area contributed by atoms with E-state index in [2.05, 4.69) is 5.32 Å². The van der Waals surface area contributed by atoms with Gasteiger partial charge in [-0.2, -0.15) is 0 Å². The molecule has 0 saturated heterocycles. The molecule has 0 fully saturated rings. The van der Waals surface area contributed by atoms with Crippen LogP contribution in [0.5, 0.6) is 17.2 Å². The topological polar surface area (TPSA) is 94.2 Å². The number of sulfonamides is 1. The molecular formula is C24H24N2O6S. The molecule has 172 valence electrons. The van der Waals surface area contributed by atoms with Crippen LogP contribution in [0, 0.1) is 0 Å². The number of para-hydroxylation sites is 1. The molecule has 3 aromatic carbocycles. The van der Waals surface area contributed by atoms with Gasteiger partial charge in [0.2, 0.25) is 0 Å². The van der Waals surface area contributed by atoms with Gasteiger partial charge in [0.15, 0.2) is 11.5 Å². The maximum Gasteiger partial charge on any atom is 0.264 e. The van der Waals surface area contributed by atoms with Crippen LogP contribution < -0.4 is 23.8 Å². The van der Waals surface area contributed by atoms with E-state index in [9.17, 15) is 13.2 Å². The fraction of sp³-hybridized carbons (Fsp3) is 0.208. The average Bonchev–Trinajstić information content (AvgIpc) is 3.28. The van der Waals surface area contributed by atoms with E-state index in [1.165, 1.54) is 43.8 Å². The molecule has 1 aliphatic heterocycles. The van der Waals surface area contributed by atoms with Crippen molar-refractivity contribution in [3.63, 3.8) is 0 Å². The summed E-state index contributed by atoms with van der Waals surface area (Å²) in [5.74, 6) is 0.713. The number of nitrogens with one attached hydrogen (secondary N) is 1. The van der Waals surface area contributed by atoms with Crippen molar-refractivity contribution in [1.29, 1.82) is 0 Å². The van der Waals surface area contributed by atoms with Crippen molar-refractivity contribution in [2.45, 2.75) is 11.3 Å². The first-order valence-electron chi connectivity index (χ1n) is 10.2. The van der Waals surface area contributed by atoms with Gasteiger partial charge in [0, 0.05) is 18.3 Å². The van der Waals surface area contributed by atoms with Gasteiger partial charge in [-0.05, 0) is 48.4 Å². The molecule has 33 heavy (non-hydrogen) atoms. The highest BCUT2D eigenvalue weighted by atomic mass is 32.2. The first-order chi connectivity index (χ1) is 15.9.